The number of halogens is 5. The van der Waals surface area contributed by atoms with E-state index in [-0.39, 0.29) is 15.9 Å². The van der Waals surface area contributed by atoms with Crippen LogP contribution in [0.25, 0.3) is 0 Å². The molecule has 0 aromatic carbocycles. The SMILES string of the molecule is NC(c1ccc(Cl)c(Cl)n1)C(F)(F)F. The average molecular weight is 245 g/mol. The van der Waals surface area contributed by atoms with Crippen LogP contribution in [-0.4, -0.2) is 11.2 Å². The van der Waals surface area contributed by atoms with Gasteiger partial charge in [-0.25, -0.2) is 4.98 Å². The highest BCUT2D eigenvalue weighted by Crippen LogP contribution is 2.31. The van der Waals surface area contributed by atoms with Gasteiger partial charge in [-0.2, -0.15) is 13.2 Å². The van der Waals surface area contributed by atoms with E-state index in [1.807, 2.05) is 0 Å². The maximum atomic E-state index is 12.1. The highest BCUT2D eigenvalue weighted by molar-refractivity contribution is 6.41. The van der Waals surface area contributed by atoms with E-state index in [0.717, 1.165) is 6.07 Å². The number of hydrogen-bond acceptors (Lipinski definition) is 2. The summed E-state index contributed by atoms with van der Waals surface area (Å²) in [7, 11) is 0. The van der Waals surface area contributed by atoms with Crippen molar-refractivity contribution in [3.8, 4) is 0 Å². The lowest BCUT2D eigenvalue weighted by Crippen LogP contribution is -2.29. The quantitative estimate of drug-likeness (QED) is 0.772. The van der Waals surface area contributed by atoms with Crippen molar-refractivity contribution in [1.82, 2.24) is 4.98 Å². The zero-order valence-corrected chi connectivity index (χ0v) is 8.16. The molecule has 0 saturated carbocycles. The van der Waals surface area contributed by atoms with E-state index in [4.69, 9.17) is 28.9 Å². The fourth-order valence-electron chi connectivity index (χ4n) is 0.772. The number of nitrogens with two attached hydrogens (primary N) is 1. The summed E-state index contributed by atoms with van der Waals surface area (Å²) in [5, 5.41) is -0.103. The van der Waals surface area contributed by atoms with E-state index < -0.39 is 12.2 Å². The van der Waals surface area contributed by atoms with Gasteiger partial charge in [0.2, 0.25) is 0 Å². The van der Waals surface area contributed by atoms with Gasteiger partial charge in [-0.15, -0.1) is 0 Å². The van der Waals surface area contributed by atoms with Gasteiger partial charge in [0.15, 0.2) is 0 Å². The Balaban J connectivity index is 3.03. The molecule has 0 fully saturated rings. The molecule has 78 valence electrons. The van der Waals surface area contributed by atoms with E-state index in [0.29, 0.717) is 0 Å². The van der Waals surface area contributed by atoms with E-state index in [9.17, 15) is 13.2 Å². The van der Waals surface area contributed by atoms with Gasteiger partial charge < -0.3 is 5.73 Å². The first-order valence-electron chi connectivity index (χ1n) is 3.46. The van der Waals surface area contributed by atoms with Crippen molar-refractivity contribution in [2.75, 3.05) is 0 Å². The minimum Gasteiger partial charge on any atom is -0.315 e. The smallest absolute Gasteiger partial charge is 0.315 e. The summed E-state index contributed by atoms with van der Waals surface area (Å²) < 4.78 is 36.4. The summed E-state index contributed by atoms with van der Waals surface area (Å²) in [4.78, 5) is 3.43. The summed E-state index contributed by atoms with van der Waals surface area (Å²) in [5.41, 5.74) is 4.55. The molecule has 0 aliphatic heterocycles. The van der Waals surface area contributed by atoms with Crippen molar-refractivity contribution < 1.29 is 13.2 Å². The lowest BCUT2D eigenvalue weighted by Gasteiger charge is -2.14. The molecular formula is C7H5Cl2F3N2. The molecule has 1 atom stereocenters. The standard InChI is InChI=1S/C7H5Cl2F3N2/c8-3-1-2-4(14-6(3)9)5(13)7(10,11)12/h1-2,5H,13H2. The van der Waals surface area contributed by atoms with Gasteiger partial charge in [0.25, 0.3) is 0 Å². The Kier molecular flexibility index (Phi) is 3.24. The number of pyridine rings is 1. The molecule has 0 aliphatic rings. The molecule has 0 bridgehead atoms. The highest BCUT2D eigenvalue weighted by atomic mass is 35.5. The monoisotopic (exact) mass is 244 g/mol. The Bertz CT molecular complexity index is 340. The van der Waals surface area contributed by atoms with Crippen LogP contribution in [0.4, 0.5) is 13.2 Å². The van der Waals surface area contributed by atoms with Crippen LogP contribution in [0.15, 0.2) is 12.1 Å². The van der Waals surface area contributed by atoms with Crippen LogP contribution in [0.2, 0.25) is 10.2 Å². The molecule has 1 heterocycles. The molecule has 0 saturated heterocycles. The number of alkyl halides is 3. The molecule has 0 radical (unpaired) electrons. The predicted octanol–water partition coefficient (Wildman–Crippen LogP) is 2.95. The third kappa shape index (κ3) is 2.50. The van der Waals surface area contributed by atoms with Crippen molar-refractivity contribution in [2.24, 2.45) is 5.73 Å². The molecule has 0 spiro atoms. The molecule has 0 amide bonds. The summed E-state index contributed by atoms with van der Waals surface area (Å²) in [6.45, 7) is 0. The minimum absolute atomic E-state index is 0.0878. The fourth-order valence-corrected chi connectivity index (χ4v) is 1.04. The van der Waals surface area contributed by atoms with Crippen molar-refractivity contribution in [2.45, 2.75) is 12.2 Å². The average Bonchev–Trinajstić information content (AvgIpc) is 2.07. The summed E-state index contributed by atoms with van der Waals surface area (Å²) in [5.74, 6) is 0. The van der Waals surface area contributed by atoms with E-state index in [1.165, 1.54) is 6.07 Å². The molecule has 2 nitrogen and oxygen atoms in total. The molecule has 1 aromatic rings. The third-order valence-electron chi connectivity index (χ3n) is 1.50. The molecule has 0 aliphatic carbocycles. The summed E-state index contributed by atoms with van der Waals surface area (Å²) >= 11 is 10.9. The second-order valence-electron chi connectivity index (χ2n) is 2.53. The topological polar surface area (TPSA) is 38.9 Å². The van der Waals surface area contributed by atoms with Crippen molar-refractivity contribution in [3.05, 3.63) is 28.0 Å². The Morgan fingerprint density at radius 2 is 1.86 bits per heavy atom. The molecule has 1 aromatic heterocycles. The maximum Gasteiger partial charge on any atom is 0.409 e. The molecule has 1 rings (SSSR count). The first-order valence-corrected chi connectivity index (χ1v) is 4.22. The molecule has 14 heavy (non-hydrogen) atoms. The first-order chi connectivity index (χ1) is 6.32. The second kappa shape index (κ2) is 3.92. The van der Waals surface area contributed by atoms with Gasteiger partial charge in [0, 0.05) is 0 Å². The van der Waals surface area contributed by atoms with Crippen LogP contribution in [-0.2, 0) is 0 Å². The first kappa shape index (κ1) is 11.6. The largest absolute Gasteiger partial charge is 0.409 e. The van der Waals surface area contributed by atoms with Crippen molar-refractivity contribution in [1.29, 1.82) is 0 Å². The summed E-state index contributed by atoms with van der Waals surface area (Å²) in [6.07, 6.45) is -4.54. The van der Waals surface area contributed by atoms with Crippen LogP contribution >= 0.6 is 23.2 Å². The second-order valence-corrected chi connectivity index (χ2v) is 3.29. The van der Waals surface area contributed by atoms with E-state index in [1.54, 1.807) is 0 Å². The minimum atomic E-state index is -4.54. The van der Waals surface area contributed by atoms with Crippen LogP contribution in [0.5, 0.6) is 0 Å². The van der Waals surface area contributed by atoms with Gasteiger partial charge in [-0.3, -0.25) is 0 Å². The number of aromatic nitrogens is 1. The summed E-state index contributed by atoms with van der Waals surface area (Å²) in [6, 6.07) is 0.168. The van der Waals surface area contributed by atoms with Crippen LogP contribution < -0.4 is 5.73 Å². The van der Waals surface area contributed by atoms with Crippen molar-refractivity contribution in [3.63, 3.8) is 0 Å². The van der Waals surface area contributed by atoms with Crippen LogP contribution in [0.3, 0.4) is 0 Å². The molecule has 1 unspecified atom stereocenters. The Morgan fingerprint density at radius 3 is 2.29 bits per heavy atom. The molecule has 7 heteroatoms. The molecular weight excluding hydrogens is 240 g/mol. The van der Waals surface area contributed by atoms with Crippen molar-refractivity contribution >= 4 is 23.2 Å². The van der Waals surface area contributed by atoms with E-state index >= 15 is 0 Å². The fraction of sp³-hybridized carbons (Fsp3) is 0.286. The lowest BCUT2D eigenvalue weighted by atomic mass is 10.2. The lowest BCUT2D eigenvalue weighted by molar-refractivity contribution is -0.149. The van der Waals surface area contributed by atoms with Crippen LogP contribution in [0.1, 0.15) is 11.7 Å². The zero-order valence-electron chi connectivity index (χ0n) is 6.65. The number of rotatable bonds is 1. The maximum absolute atomic E-state index is 12.1. The number of nitrogens with zero attached hydrogens (tertiary/aromatic N) is 1. The Morgan fingerprint density at radius 1 is 1.29 bits per heavy atom. The van der Waals surface area contributed by atoms with Gasteiger partial charge in [-0.1, -0.05) is 23.2 Å². The number of hydrogen-bond donors (Lipinski definition) is 1. The Hall–Kier alpha value is -0.520. The van der Waals surface area contributed by atoms with Crippen LogP contribution in [0, 0.1) is 0 Å². The molecule has 2 N–H and O–H groups in total. The normalized spacial score (nSPS) is 14.1. The zero-order chi connectivity index (χ0) is 10.9. The van der Waals surface area contributed by atoms with Gasteiger partial charge in [0.05, 0.1) is 10.7 Å². The van der Waals surface area contributed by atoms with Gasteiger partial charge >= 0.3 is 6.18 Å². The van der Waals surface area contributed by atoms with Gasteiger partial charge in [0.1, 0.15) is 11.2 Å². The van der Waals surface area contributed by atoms with Gasteiger partial charge in [-0.05, 0) is 12.1 Å². The highest BCUT2D eigenvalue weighted by Gasteiger charge is 2.38. The predicted molar refractivity (Wildman–Crippen MR) is 47.2 cm³/mol. The van der Waals surface area contributed by atoms with E-state index in [2.05, 4.69) is 4.98 Å². The Labute approximate surface area is 87.8 Å². The third-order valence-corrected chi connectivity index (χ3v) is 2.19.